The van der Waals surface area contributed by atoms with Gasteiger partial charge in [0.2, 0.25) is 5.13 Å². The molecule has 0 atom stereocenters. The summed E-state index contributed by atoms with van der Waals surface area (Å²) in [6.45, 7) is 1.91. The molecular formula is C17H12ClN3O3S. The van der Waals surface area contributed by atoms with E-state index in [-0.39, 0.29) is 15.7 Å². The Hall–Kier alpha value is -2.77. The molecule has 0 saturated heterocycles. The van der Waals surface area contributed by atoms with Crippen LogP contribution >= 0.6 is 23.1 Å². The second kappa shape index (κ2) is 7.00. The first kappa shape index (κ1) is 17.1. The number of anilines is 1. The minimum absolute atomic E-state index is 0.0379. The summed E-state index contributed by atoms with van der Waals surface area (Å²) in [6, 6.07) is 13.3. The number of nitrogens with one attached hydrogen (secondary N) is 1. The number of aromatic nitrogens is 2. The molecule has 25 heavy (non-hydrogen) atoms. The van der Waals surface area contributed by atoms with Gasteiger partial charge in [-0.15, -0.1) is 0 Å². The highest BCUT2D eigenvalue weighted by Crippen LogP contribution is 2.18. The minimum Gasteiger partial charge on any atom is -0.297 e. The van der Waals surface area contributed by atoms with E-state index < -0.39 is 17.5 Å². The van der Waals surface area contributed by atoms with Crippen LogP contribution in [0.25, 0.3) is 0 Å². The van der Waals surface area contributed by atoms with Crippen molar-refractivity contribution in [1.29, 1.82) is 0 Å². The lowest BCUT2D eigenvalue weighted by Gasteiger charge is -2.02. The van der Waals surface area contributed by atoms with Crippen molar-refractivity contribution in [2.45, 2.75) is 6.92 Å². The number of amides is 1. The molecular weight excluding hydrogens is 362 g/mol. The van der Waals surface area contributed by atoms with E-state index in [0.29, 0.717) is 5.56 Å². The molecule has 0 fully saturated rings. The van der Waals surface area contributed by atoms with Gasteiger partial charge in [-0.2, -0.15) is 8.94 Å². The van der Waals surface area contributed by atoms with Gasteiger partial charge >= 0.3 is 5.69 Å². The monoisotopic (exact) mass is 373 g/mol. The first-order chi connectivity index (χ1) is 12.0. The average Bonchev–Trinajstić information content (AvgIpc) is 2.95. The van der Waals surface area contributed by atoms with Crippen molar-refractivity contribution < 1.29 is 9.59 Å². The second-order valence-corrected chi connectivity index (χ2v) is 6.53. The Balaban J connectivity index is 1.84. The lowest BCUT2D eigenvalue weighted by Crippen LogP contribution is -2.23. The molecule has 1 heterocycles. The fourth-order valence-corrected chi connectivity index (χ4v) is 3.02. The van der Waals surface area contributed by atoms with E-state index in [2.05, 4.69) is 10.3 Å². The molecule has 2 aromatic carbocycles. The lowest BCUT2D eigenvalue weighted by atomic mass is 10.1. The van der Waals surface area contributed by atoms with Gasteiger partial charge < -0.3 is 0 Å². The van der Waals surface area contributed by atoms with Crippen LogP contribution in [0.4, 0.5) is 5.13 Å². The van der Waals surface area contributed by atoms with Crippen molar-refractivity contribution in [3.63, 3.8) is 0 Å². The van der Waals surface area contributed by atoms with Crippen molar-refractivity contribution in [3.05, 3.63) is 80.7 Å². The van der Waals surface area contributed by atoms with Gasteiger partial charge in [0, 0.05) is 5.56 Å². The van der Waals surface area contributed by atoms with Gasteiger partial charge in [0.1, 0.15) is 0 Å². The van der Waals surface area contributed by atoms with Crippen molar-refractivity contribution in [2.75, 3.05) is 5.32 Å². The van der Waals surface area contributed by atoms with E-state index in [9.17, 15) is 14.4 Å². The number of hydrogen-bond acceptors (Lipinski definition) is 5. The van der Waals surface area contributed by atoms with E-state index in [4.69, 9.17) is 11.6 Å². The maximum atomic E-state index is 12.4. The van der Waals surface area contributed by atoms with Crippen LogP contribution in [0, 0.1) is 6.92 Å². The topological polar surface area (TPSA) is 81.1 Å². The number of hydrogen-bond donors (Lipinski definition) is 1. The van der Waals surface area contributed by atoms with E-state index in [1.807, 2.05) is 6.92 Å². The Kier molecular flexibility index (Phi) is 4.78. The molecule has 0 saturated carbocycles. The maximum Gasteiger partial charge on any atom is 0.367 e. The maximum absolute atomic E-state index is 12.4. The Morgan fingerprint density at radius 2 is 1.80 bits per heavy atom. The summed E-state index contributed by atoms with van der Waals surface area (Å²) in [5.41, 5.74) is 0.869. The molecule has 126 valence electrons. The molecule has 0 spiro atoms. The molecule has 1 aromatic heterocycles. The van der Waals surface area contributed by atoms with Gasteiger partial charge in [-0.05, 0) is 42.7 Å². The summed E-state index contributed by atoms with van der Waals surface area (Å²) in [5.74, 6) is -1.00. The summed E-state index contributed by atoms with van der Waals surface area (Å²) in [5, 5.41) is 2.79. The van der Waals surface area contributed by atoms with Crippen LogP contribution in [0.3, 0.4) is 0 Å². The van der Waals surface area contributed by atoms with Crippen LogP contribution in [0.2, 0.25) is 5.02 Å². The van der Waals surface area contributed by atoms with Crippen LogP contribution in [0.1, 0.15) is 26.3 Å². The normalized spacial score (nSPS) is 10.5. The SMILES string of the molecule is Cc1ccc(C(=O)Nc2nc(=O)n(C(=O)c3ccccc3Cl)s2)cc1. The van der Waals surface area contributed by atoms with Crippen LogP contribution in [-0.2, 0) is 0 Å². The first-order valence-corrected chi connectivity index (χ1v) is 8.38. The molecule has 0 aliphatic carbocycles. The van der Waals surface area contributed by atoms with Crippen LogP contribution in [0.5, 0.6) is 0 Å². The largest absolute Gasteiger partial charge is 0.367 e. The average molecular weight is 374 g/mol. The molecule has 1 amide bonds. The zero-order chi connectivity index (χ0) is 18.0. The standard InChI is InChI=1S/C17H12ClN3O3S/c1-10-6-8-11(9-7-10)14(22)19-16-20-17(24)21(25-16)15(23)12-4-2-3-5-13(12)18/h2-9H,1H3,(H,19,20,22,24). The van der Waals surface area contributed by atoms with Crippen LogP contribution < -0.4 is 11.0 Å². The highest BCUT2D eigenvalue weighted by molar-refractivity contribution is 7.11. The zero-order valence-electron chi connectivity index (χ0n) is 13.0. The van der Waals surface area contributed by atoms with Gasteiger partial charge in [0.05, 0.1) is 10.6 Å². The quantitative estimate of drug-likeness (QED) is 0.764. The Morgan fingerprint density at radius 3 is 2.48 bits per heavy atom. The molecule has 0 bridgehead atoms. The highest BCUT2D eigenvalue weighted by atomic mass is 35.5. The fraction of sp³-hybridized carbons (Fsp3) is 0.0588. The molecule has 0 aliphatic rings. The van der Waals surface area contributed by atoms with Gasteiger partial charge in [0.25, 0.3) is 11.8 Å². The summed E-state index contributed by atoms with van der Waals surface area (Å²) < 4.78 is 0.853. The molecule has 3 rings (SSSR count). The Bertz CT molecular complexity index is 1010. The lowest BCUT2D eigenvalue weighted by molar-refractivity contribution is 0.0966. The van der Waals surface area contributed by atoms with Crippen molar-refractivity contribution in [1.82, 2.24) is 8.94 Å². The van der Waals surface area contributed by atoms with Crippen molar-refractivity contribution in [3.8, 4) is 0 Å². The number of carbonyl (C=O) groups excluding carboxylic acids is 2. The molecule has 0 unspecified atom stereocenters. The predicted octanol–water partition coefficient (Wildman–Crippen LogP) is 3.21. The minimum atomic E-state index is -0.769. The zero-order valence-corrected chi connectivity index (χ0v) is 14.6. The van der Waals surface area contributed by atoms with Gasteiger partial charge in [0.15, 0.2) is 0 Å². The summed E-state index contributed by atoms with van der Waals surface area (Å²) in [4.78, 5) is 40.3. The van der Waals surface area contributed by atoms with Crippen molar-refractivity contribution in [2.24, 2.45) is 0 Å². The fourth-order valence-electron chi connectivity index (χ4n) is 2.08. The van der Waals surface area contributed by atoms with E-state index in [1.165, 1.54) is 6.07 Å². The highest BCUT2D eigenvalue weighted by Gasteiger charge is 2.18. The molecule has 6 nitrogen and oxygen atoms in total. The number of benzene rings is 2. The van der Waals surface area contributed by atoms with Gasteiger partial charge in [-0.25, -0.2) is 4.79 Å². The van der Waals surface area contributed by atoms with Gasteiger partial charge in [-0.3, -0.25) is 14.9 Å². The summed E-state index contributed by atoms with van der Waals surface area (Å²) in [6.07, 6.45) is 0. The van der Waals surface area contributed by atoms with Crippen LogP contribution in [-0.4, -0.2) is 20.8 Å². The molecule has 3 aromatic rings. The second-order valence-electron chi connectivity index (χ2n) is 5.19. The number of aryl methyl sites for hydroxylation is 1. The number of nitrogens with zero attached hydrogens (tertiary/aromatic N) is 2. The van der Waals surface area contributed by atoms with Crippen molar-refractivity contribution >= 4 is 40.1 Å². The molecule has 8 heteroatoms. The summed E-state index contributed by atoms with van der Waals surface area (Å²) >= 11 is 6.73. The Labute approximate surface area is 151 Å². The third kappa shape index (κ3) is 3.67. The van der Waals surface area contributed by atoms with E-state index in [1.54, 1.807) is 42.5 Å². The molecule has 1 N–H and O–H groups in total. The number of halogens is 1. The Morgan fingerprint density at radius 1 is 1.12 bits per heavy atom. The first-order valence-electron chi connectivity index (χ1n) is 7.23. The van der Waals surface area contributed by atoms with E-state index >= 15 is 0 Å². The third-order valence-corrected chi connectivity index (χ3v) is 4.57. The van der Waals surface area contributed by atoms with Crippen LogP contribution in [0.15, 0.2) is 53.3 Å². The third-order valence-electron chi connectivity index (χ3n) is 3.37. The molecule has 0 radical (unpaired) electrons. The predicted molar refractivity (Wildman–Crippen MR) is 96.7 cm³/mol. The van der Waals surface area contributed by atoms with Gasteiger partial charge in [-0.1, -0.05) is 41.4 Å². The molecule has 0 aliphatic heterocycles. The summed E-state index contributed by atoms with van der Waals surface area (Å²) in [7, 11) is 0. The number of rotatable bonds is 3. The number of carbonyl (C=O) groups is 2. The smallest absolute Gasteiger partial charge is 0.297 e. The van der Waals surface area contributed by atoms with E-state index in [0.717, 1.165) is 21.1 Å².